The van der Waals surface area contributed by atoms with Crippen molar-refractivity contribution in [3.63, 3.8) is 0 Å². The van der Waals surface area contributed by atoms with Crippen molar-refractivity contribution in [3.05, 3.63) is 65.7 Å². The minimum absolute atomic E-state index is 0.619. The van der Waals surface area contributed by atoms with Gasteiger partial charge in [-0.3, -0.25) is 0 Å². The van der Waals surface area contributed by atoms with Gasteiger partial charge in [-0.05, 0) is 35.0 Å². The maximum Gasteiger partial charge on any atom is 0.0807 e. The molecule has 0 aliphatic rings. The summed E-state index contributed by atoms with van der Waals surface area (Å²) >= 11 is 6.16. The zero-order chi connectivity index (χ0) is 13.2. The van der Waals surface area contributed by atoms with Crippen LogP contribution in [0.25, 0.3) is 10.8 Å². The molecule has 0 fully saturated rings. The van der Waals surface area contributed by atoms with E-state index in [-0.39, 0.29) is 0 Å². The average Bonchev–Trinajstić information content (AvgIpc) is 2.43. The third-order valence-corrected chi connectivity index (χ3v) is 3.38. The maximum atomic E-state index is 6.16. The average molecular weight is 269 g/mol. The summed E-state index contributed by atoms with van der Waals surface area (Å²) in [5.74, 6) is 0. The highest BCUT2D eigenvalue weighted by atomic mass is 35.5. The summed E-state index contributed by atoms with van der Waals surface area (Å²) < 4.78 is 0. The van der Waals surface area contributed by atoms with Crippen molar-refractivity contribution in [1.82, 2.24) is 0 Å². The molecule has 0 unspecified atom stereocenters. The molecule has 3 N–H and O–H groups in total. The molecule has 0 saturated heterocycles. The number of nitrogens with one attached hydrogen (secondary N) is 1. The lowest BCUT2D eigenvalue weighted by Gasteiger charge is -2.11. The summed E-state index contributed by atoms with van der Waals surface area (Å²) in [6.07, 6.45) is 0. The Morgan fingerprint density at radius 3 is 2.42 bits per heavy atom. The molecule has 0 heterocycles. The minimum Gasteiger partial charge on any atom is -0.397 e. The van der Waals surface area contributed by atoms with E-state index in [1.165, 1.54) is 10.8 Å². The van der Waals surface area contributed by atoms with E-state index in [0.29, 0.717) is 10.7 Å². The molecule has 0 aliphatic carbocycles. The largest absolute Gasteiger partial charge is 0.397 e. The number of nitrogen functional groups attached to an aromatic ring is 1. The van der Waals surface area contributed by atoms with Gasteiger partial charge in [0.1, 0.15) is 0 Å². The maximum absolute atomic E-state index is 6.16. The first-order chi connectivity index (χ1) is 9.24. The molecule has 3 aromatic carbocycles. The Morgan fingerprint density at radius 1 is 0.842 bits per heavy atom. The van der Waals surface area contributed by atoms with E-state index in [2.05, 4.69) is 29.6 Å². The first-order valence-electron chi connectivity index (χ1n) is 6.04. The molecule has 19 heavy (non-hydrogen) atoms. The van der Waals surface area contributed by atoms with E-state index in [9.17, 15) is 0 Å². The van der Waals surface area contributed by atoms with Gasteiger partial charge in [-0.25, -0.2) is 0 Å². The third-order valence-electron chi connectivity index (χ3n) is 3.06. The van der Waals surface area contributed by atoms with E-state index in [0.717, 1.165) is 11.4 Å². The Kier molecular flexibility index (Phi) is 3.02. The number of rotatable bonds is 2. The van der Waals surface area contributed by atoms with E-state index >= 15 is 0 Å². The van der Waals surface area contributed by atoms with E-state index < -0.39 is 0 Å². The fourth-order valence-corrected chi connectivity index (χ4v) is 2.31. The van der Waals surface area contributed by atoms with Crippen LogP contribution >= 0.6 is 11.6 Å². The number of nitrogens with two attached hydrogens (primary N) is 1. The van der Waals surface area contributed by atoms with Gasteiger partial charge in [0.05, 0.1) is 16.4 Å². The molecule has 0 saturated carbocycles. The SMILES string of the molecule is Nc1cccc(Cl)c1Nc1ccc2ccccc2c1. The van der Waals surface area contributed by atoms with Gasteiger partial charge in [0, 0.05) is 5.69 Å². The summed E-state index contributed by atoms with van der Waals surface area (Å²) in [5, 5.41) is 6.28. The molecule has 0 spiro atoms. The molecule has 3 heteroatoms. The first-order valence-corrected chi connectivity index (χ1v) is 6.42. The van der Waals surface area contributed by atoms with Gasteiger partial charge < -0.3 is 11.1 Å². The second kappa shape index (κ2) is 4.82. The molecule has 2 nitrogen and oxygen atoms in total. The van der Waals surface area contributed by atoms with Crippen molar-refractivity contribution in [2.75, 3.05) is 11.1 Å². The highest BCUT2D eigenvalue weighted by Gasteiger charge is 2.04. The van der Waals surface area contributed by atoms with Crippen LogP contribution in [0, 0.1) is 0 Å². The number of benzene rings is 3. The second-order valence-corrected chi connectivity index (χ2v) is 4.80. The second-order valence-electron chi connectivity index (χ2n) is 4.39. The molecular weight excluding hydrogens is 256 g/mol. The topological polar surface area (TPSA) is 38.0 Å². The standard InChI is InChI=1S/C16H13ClN2/c17-14-6-3-7-15(18)16(14)19-13-9-8-11-4-1-2-5-12(11)10-13/h1-10,19H,18H2. The van der Waals surface area contributed by atoms with Crippen LogP contribution in [0.15, 0.2) is 60.7 Å². The Hall–Kier alpha value is -2.19. The third kappa shape index (κ3) is 2.35. The number of anilines is 3. The van der Waals surface area contributed by atoms with Gasteiger partial charge in [-0.15, -0.1) is 0 Å². The first kappa shape index (κ1) is 11.9. The molecule has 0 amide bonds. The Labute approximate surface area is 116 Å². The smallest absolute Gasteiger partial charge is 0.0807 e. The van der Waals surface area contributed by atoms with Gasteiger partial charge >= 0.3 is 0 Å². The van der Waals surface area contributed by atoms with Crippen LogP contribution < -0.4 is 11.1 Å². The van der Waals surface area contributed by atoms with Gasteiger partial charge in [0.25, 0.3) is 0 Å². The molecule has 94 valence electrons. The lowest BCUT2D eigenvalue weighted by molar-refractivity contribution is 1.56. The van der Waals surface area contributed by atoms with Crippen molar-refractivity contribution >= 4 is 39.4 Å². The summed E-state index contributed by atoms with van der Waals surface area (Å²) in [6, 6.07) is 19.9. The lowest BCUT2D eigenvalue weighted by Crippen LogP contribution is -1.96. The summed E-state index contributed by atoms with van der Waals surface area (Å²) in [6.45, 7) is 0. The van der Waals surface area contributed by atoms with Crippen molar-refractivity contribution in [3.8, 4) is 0 Å². The Balaban J connectivity index is 2.01. The van der Waals surface area contributed by atoms with Gasteiger partial charge in [-0.1, -0.05) is 48.0 Å². The molecule has 0 atom stereocenters. The highest BCUT2D eigenvalue weighted by molar-refractivity contribution is 6.34. The van der Waals surface area contributed by atoms with Crippen LogP contribution in [0.4, 0.5) is 17.1 Å². The predicted molar refractivity (Wildman–Crippen MR) is 83.1 cm³/mol. The lowest BCUT2D eigenvalue weighted by atomic mass is 10.1. The number of para-hydroxylation sites is 1. The Morgan fingerprint density at radius 2 is 1.63 bits per heavy atom. The molecule has 3 rings (SSSR count). The van der Waals surface area contributed by atoms with Crippen LogP contribution in [-0.2, 0) is 0 Å². The monoisotopic (exact) mass is 268 g/mol. The molecule has 0 bridgehead atoms. The van der Waals surface area contributed by atoms with Gasteiger partial charge in [0.15, 0.2) is 0 Å². The van der Waals surface area contributed by atoms with Crippen LogP contribution in [-0.4, -0.2) is 0 Å². The van der Waals surface area contributed by atoms with Crippen molar-refractivity contribution in [1.29, 1.82) is 0 Å². The molecule has 0 radical (unpaired) electrons. The molecule has 0 aromatic heterocycles. The number of hydrogen-bond donors (Lipinski definition) is 2. The summed E-state index contributed by atoms with van der Waals surface area (Å²) in [5.41, 5.74) is 8.29. The highest BCUT2D eigenvalue weighted by Crippen LogP contribution is 2.31. The van der Waals surface area contributed by atoms with E-state index in [4.69, 9.17) is 17.3 Å². The number of halogens is 1. The van der Waals surface area contributed by atoms with Crippen molar-refractivity contribution < 1.29 is 0 Å². The number of hydrogen-bond acceptors (Lipinski definition) is 2. The minimum atomic E-state index is 0.619. The molecule has 0 aliphatic heterocycles. The van der Waals surface area contributed by atoms with Gasteiger partial charge in [-0.2, -0.15) is 0 Å². The fraction of sp³-hybridized carbons (Fsp3) is 0. The zero-order valence-electron chi connectivity index (χ0n) is 10.2. The molecular formula is C16H13ClN2. The summed E-state index contributed by atoms with van der Waals surface area (Å²) in [4.78, 5) is 0. The van der Waals surface area contributed by atoms with Crippen LogP contribution in [0.3, 0.4) is 0 Å². The van der Waals surface area contributed by atoms with E-state index in [1.54, 1.807) is 0 Å². The van der Waals surface area contributed by atoms with Crippen LogP contribution in [0.1, 0.15) is 0 Å². The summed E-state index contributed by atoms with van der Waals surface area (Å²) in [7, 11) is 0. The molecule has 3 aromatic rings. The van der Waals surface area contributed by atoms with E-state index in [1.807, 2.05) is 36.4 Å². The van der Waals surface area contributed by atoms with Crippen molar-refractivity contribution in [2.24, 2.45) is 0 Å². The zero-order valence-corrected chi connectivity index (χ0v) is 11.0. The number of fused-ring (bicyclic) bond motifs is 1. The Bertz CT molecular complexity index is 717. The quantitative estimate of drug-likeness (QED) is 0.654. The normalized spacial score (nSPS) is 10.6. The predicted octanol–water partition coefficient (Wildman–Crippen LogP) is 4.82. The van der Waals surface area contributed by atoms with Crippen LogP contribution in [0.2, 0.25) is 5.02 Å². The van der Waals surface area contributed by atoms with Gasteiger partial charge in [0.2, 0.25) is 0 Å². The fourth-order valence-electron chi connectivity index (χ4n) is 2.08. The van der Waals surface area contributed by atoms with Crippen LogP contribution in [0.5, 0.6) is 0 Å². The van der Waals surface area contributed by atoms with Crippen molar-refractivity contribution in [2.45, 2.75) is 0 Å².